The molecule has 308 valence electrons. The number of ether oxygens (including phenoxy) is 2. The van der Waals surface area contributed by atoms with E-state index < -0.39 is 74.2 Å². The molecular weight excluding hydrogens is 666 g/mol. The van der Waals surface area contributed by atoms with Crippen molar-refractivity contribution in [2.45, 2.75) is 229 Å². The van der Waals surface area contributed by atoms with E-state index in [-0.39, 0.29) is 6.42 Å². The third-order valence-corrected chi connectivity index (χ3v) is 10.3. The fourth-order valence-electron chi connectivity index (χ4n) is 6.73. The lowest BCUT2D eigenvalue weighted by molar-refractivity contribution is -0.303. The molecule has 0 saturated carbocycles. The van der Waals surface area contributed by atoms with E-state index in [9.17, 15) is 40.5 Å². The Bertz CT molecular complexity index is 861. The van der Waals surface area contributed by atoms with Crippen LogP contribution >= 0.6 is 0 Å². The van der Waals surface area contributed by atoms with Crippen LogP contribution in [0.5, 0.6) is 0 Å². The van der Waals surface area contributed by atoms with Gasteiger partial charge in [-0.25, -0.2) is 0 Å². The first-order chi connectivity index (χ1) is 25.2. The van der Waals surface area contributed by atoms with E-state index >= 15 is 0 Å². The molecule has 0 aromatic rings. The molecule has 1 fully saturated rings. The number of rotatable bonds is 34. The largest absolute Gasteiger partial charge is 0.394 e. The van der Waals surface area contributed by atoms with Gasteiger partial charge in [-0.2, -0.15) is 0 Å². The number of carbonyl (C=O) groups is 1. The van der Waals surface area contributed by atoms with E-state index in [1.807, 2.05) is 0 Å². The summed E-state index contributed by atoms with van der Waals surface area (Å²) in [6.07, 6.45) is 20.4. The van der Waals surface area contributed by atoms with Crippen molar-refractivity contribution in [2.75, 3.05) is 13.2 Å². The minimum Gasteiger partial charge on any atom is -0.394 e. The first kappa shape index (κ1) is 48.9. The zero-order chi connectivity index (χ0) is 38.4. The third-order valence-electron chi connectivity index (χ3n) is 10.3. The molecule has 0 spiro atoms. The summed E-state index contributed by atoms with van der Waals surface area (Å²) in [6.45, 7) is 3.31. The van der Waals surface area contributed by atoms with Crippen LogP contribution in [0.2, 0.25) is 0 Å². The van der Waals surface area contributed by atoms with Gasteiger partial charge in [0, 0.05) is 0 Å². The van der Waals surface area contributed by atoms with Gasteiger partial charge in [0.25, 0.3) is 0 Å². The highest BCUT2D eigenvalue weighted by Crippen LogP contribution is 2.23. The van der Waals surface area contributed by atoms with Crippen LogP contribution < -0.4 is 5.32 Å². The minimum atomic E-state index is -1.66. The van der Waals surface area contributed by atoms with E-state index in [1.165, 1.54) is 77.0 Å². The summed E-state index contributed by atoms with van der Waals surface area (Å²) in [6, 6.07) is -1.16. The maximum Gasteiger partial charge on any atom is 0.249 e. The Morgan fingerprint density at radius 1 is 0.654 bits per heavy atom. The van der Waals surface area contributed by atoms with Crippen molar-refractivity contribution in [3.05, 3.63) is 12.2 Å². The summed E-state index contributed by atoms with van der Waals surface area (Å²) in [7, 11) is 0. The summed E-state index contributed by atoms with van der Waals surface area (Å²) in [5.74, 6) is -0.707. The lowest BCUT2D eigenvalue weighted by atomic mass is 9.98. The van der Waals surface area contributed by atoms with Gasteiger partial charge in [0.05, 0.1) is 25.4 Å². The monoisotopic (exact) mass is 746 g/mol. The van der Waals surface area contributed by atoms with Gasteiger partial charge in [0.2, 0.25) is 5.91 Å². The highest BCUT2D eigenvalue weighted by Gasteiger charge is 2.44. The van der Waals surface area contributed by atoms with Crippen molar-refractivity contribution in [1.29, 1.82) is 0 Å². The molecule has 1 amide bonds. The number of nitrogens with one attached hydrogen (secondary N) is 1. The first-order valence-corrected chi connectivity index (χ1v) is 21.1. The summed E-state index contributed by atoms with van der Waals surface area (Å²) in [5.41, 5.74) is 0. The molecule has 1 saturated heterocycles. The molecule has 9 atom stereocenters. The molecular formula is C41H79NO10. The Morgan fingerprint density at radius 3 is 1.62 bits per heavy atom. The van der Waals surface area contributed by atoms with Gasteiger partial charge in [-0.05, 0) is 38.5 Å². The molecule has 52 heavy (non-hydrogen) atoms. The van der Waals surface area contributed by atoms with E-state index in [0.717, 1.165) is 57.8 Å². The maximum atomic E-state index is 13.0. The second-order valence-corrected chi connectivity index (χ2v) is 15.1. The molecule has 9 unspecified atom stereocenters. The summed E-state index contributed by atoms with van der Waals surface area (Å²) in [5, 5.41) is 74.9. The lowest BCUT2D eigenvalue weighted by Crippen LogP contribution is -2.60. The van der Waals surface area contributed by atoms with E-state index in [1.54, 1.807) is 0 Å². The highest BCUT2D eigenvalue weighted by molar-refractivity contribution is 5.80. The lowest BCUT2D eigenvalue weighted by Gasteiger charge is -2.40. The third kappa shape index (κ3) is 22.3. The number of aliphatic hydroxyl groups excluding tert-OH is 7. The predicted octanol–water partition coefficient (Wildman–Crippen LogP) is 5.72. The van der Waals surface area contributed by atoms with E-state index in [0.29, 0.717) is 19.3 Å². The second-order valence-electron chi connectivity index (χ2n) is 15.1. The number of amides is 1. The van der Waals surface area contributed by atoms with Crippen LogP contribution in [0.3, 0.4) is 0 Å². The Kier molecular flexibility index (Phi) is 30.2. The van der Waals surface area contributed by atoms with Gasteiger partial charge < -0.3 is 50.5 Å². The van der Waals surface area contributed by atoms with Gasteiger partial charge >= 0.3 is 0 Å². The summed E-state index contributed by atoms with van der Waals surface area (Å²) >= 11 is 0. The molecule has 0 aromatic carbocycles. The molecule has 0 radical (unpaired) electrons. The molecule has 11 heteroatoms. The standard InChI is InChI=1S/C41H79NO10/c1-3-5-7-9-10-11-12-13-14-15-16-17-18-19-20-21-22-23-25-27-29-34(45)40(50)42-32(36(46)33(44)28-26-24-8-6-4-2)31-51-41-39(49)38(48)37(47)35(30-43)52-41/h17-18,32-39,41,43-49H,3-16,19-31H2,1-2H3,(H,42,50)/b18-17-. The Morgan fingerprint density at radius 2 is 1.12 bits per heavy atom. The van der Waals surface area contributed by atoms with Gasteiger partial charge in [-0.1, -0.05) is 148 Å². The number of aliphatic hydroxyl groups is 7. The minimum absolute atomic E-state index is 0.254. The quantitative estimate of drug-likeness (QED) is 0.0299. The topological polar surface area (TPSA) is 189 Å². The first-order valence-electron chi connectivity index (χ1n) is 21.1. The van der Waals surface area contributed by atoms with Crippen molar-refractivity contribution in [3.8, 4) is 0 Å². The van der Waals surface area contributed by atoms with E-state index in [4.69, 9.17) is 9.47 Å². The molecule has 11 nitrogen and oxygen atoms in total. The SMILES string of the molecule is CCCCCCCCCCCC/C=C\CCCCCCCCC(O)C(=O)NC(COC1OC(CO)C(O)C(O)C1O)C(O)C(O)CCCCCCC. The molecule has 1 aliphatic rings. The molecule has 8 N–H and O–H groups in total. The molecule has 1 rings (SSSR count). The normalized spacial score (nSPS) is 23.1. The van der Waals surface area contributed by atoms with Gasteiger partial charge in [-0.15, -0.1) is 0 Å². The smallest absolute Gasteiger partial charge is 0.249 e. The van der Waals surface area contributed by atoms with Crippen molar-refractivity contribution in [1.82, 2.24) is 5.32 Å². The van der Waals surface area contributed by atoms with Crippen LogP contribution in [0.25, 0.3) is 0 Å². The zero-order valence-corrected chi connectivity index (χ0v) is 32.8. The molecule has 1 aliphatic heterocycles. The van der Waals surface area contributed by atoms with Crippen LogP contribution in [0.4, 0.5) is 0 Å². The van der Waals surface area contributed by atoms with Gasteiger partial charge in [-0.3, -0.25) is 4.79 Å². The van der Waals surface area contributed by atoms with Crippen molar-refractivity contribution in [2.24, 2.45) is 0 Å². The number of carbonyl (C=O) groups excluding carboxylic acids is 1. The molecule has 1 heterocycles. The summed E-state index contributed by atoms with van der Waals surface area (Å²) in [4.78, 5) is 13.0. The predicted molar refractivity (Wildman–Crippen MR) is 206 cm³/mol. The molecule has 0 aromatic heterocycles. The second kappa shape index (κ2) is 32.1. The van der Waals surface area contributed by atoms with Crippen molar-refractivity contribution < 1.29 is 50.0 Å². The Labute approximate surface area is 315 Å². The van der Waals surface area contributed by atoms with Crippen molar-refractivity contribution >= 4 is 5.91 Å². The van der Waals surface area contributed by atoms with Gasteiger partial charge in [0.1, 0.15) is 36.6 Å². The number of hydrogen-bond donors (Lipinski definition) is 8. The zero-order valence-electron chi connectivity index (χ0n) is 32.8. The van der Waals surface area contributed by atoms with Crippen LogP contribution in [0, 0.1) is 0 Å². The fraction of sp³-hybridized carbons (Fsp3) is 0.927. The van der Waals surface area contributed by atoms with E-state index in [2.05, 4.69) is 31.3 Å². The molecule has 0 aliphatic carbocycles. The average Bonchev–Trinajstić information content (AvgIpc) is 3.14. The Hall–Kier alpha value is -1.15. The summed E-state index contributed by atoms with van der Waals surface area (Å²) < 4.78 is 11.0. The van der Waals surface area contributed by atoms with Crippen molar-refractivity contribution in [3.63, 3.8) is 0 Å². The van der Waals surface area contributed by atoms with Crippen LogP contribution in [-0.4, -0.2) is 110 Å². The number of unbranched alkanes of at least 4 members (excludes halogenated alkanes) is 20. The average molecular weight is 746 g/mol. The molecule has 0 bridgehead atoms. The van der Waals surface area contributed by atoms with Crippen LogP contribution in [-0.2, 0) is 14.3 Å². The maximum absolute atomic E-state index is 13.0. The number of allylic oxidation sites excluding steroid dienone is 2. The van der Waals surface area contributed by atoms with Crippen LogP contribution in [0.15, 0.2) is 12.2 Å². The number of hydrogen-bond acceptors (Lipinski definition) is 10. The fourth-order valence-corrected chi connectivity index (χ4v) is 6.73. The van der Waals surface area contributed by atoms with Crippen LogP contribution in [0.1, 0.15) is 174 Å². The van der Waals surface area contributed by atoms with Gasteiger partial charge in [0.15, 0.2) is 6.29 Å². The Balaban J connectivity index is 2.35. The highest BCUT2D eigenvalue weighted by atomic mass is 16.7.